The van der Waals surface area contributed by atoms with Gasteiger partial charge in [-0.3, -0.25) is 4.79 Å². The lowest BCUT2D eigenvalue weighted by atomic mass is 10.2. The van der Waals surface area contributed by atoms with Gasteiger partial charge in [-0.15, -0.1) is 0 Å². The maximum absolute atomic E-state index is 12.3. The molecule has 0 aliphatic heterocycles. The molecule has 0 bridgehead atoms. The lowest BCUT2D eigenvalue weighted by Crippen LogP contribution is -2.16. The molecule has 0 fully saturated rings. The second-order valence-electron chi connectivity index (χ2n) is 7.48. The first-order valence-corrected chi connectivity index (χ1v) is 10.5. The number of amides is 1. The highest BCUT2D eigenvalue weighted by molar-refractivity contribution is 5.92. The molecule has 2 aromatic heterocycles. The number of nitrogens with one attached hydrogen (secondary N) is 1. The fourth-order valence-electron chi connectivity index (χ4n) is 3.44. The number of hydrazone groups is 1. The minimum Gasteiger partial charge on any atom is -0.497 e. The number of hydrogen-bond acceptors (Lipinski definition) is 5. The lowest BCUT2D eigenvalue weighted by Gasteiger charge is -2.10. The molecule has 33 heavy (non-hydrogen) atoms. The Kier molecular flexibility index (Phi) is 6.59. The van der Waals surface area contributed by atoms with Crippen LogP contribution in [0.15, 0.2) is 82.3 Å². The molecule has 0 saturated carbocycles. The maximum Gasteiger partial charge on any atom is 0.307 e. The first-order chi connectivity index (χ1) is 16.0. The zero-order valence-electron chi connectivity index (χ0n) is 18.7. The van der Waals surface area contributed by atoms with Crippen LogP contribution in [0.4, 0.5) is 0 Å². The van der Waals surface area contributed by atoms with Crippen LogP contribution in [-0.4, -0.2) is 23.8 Å². The van der Waals surface area contributed by atoms with E-state index in [1.165, 1.54) is 17.6 Å². The van der Waals surface area contributed by atoms with Gasteiger partial charge in [-0.2, -0.15) is 5.10 Å². The summed E-state index contributed by atoms with van der Waals surface area (Å²) in [6.07, 6.45) is 1.54. The molecule has 4 rings (SSSR count). The number of benzene rings is 2. The molecule has 0 aliphatic carbocycles. The van der Waals surface area contributed by atoms with Gasteiger partial charge < -0.3 is 18.5 Å². The van der Waals surface area contributed by atoms with Crippen molar-refractivity contribution in [2.75, 3.05) is 7.11 Å². The Bertz CT molecular complexity index is 1250. The van der Waals surface area contributed by atoms with Crippen molar-refractivity contribution in [3.8, 4) is 17.2 Å². The quantitative estimate of drug-likeness (QED) is 0.306. The summed E-state index contributed by atoms with van der Waals surface area (Å²) in [5, 5.41) is 3.96. The highest BCUT2D eigenvalue weighted by Gasteiger charge is 2.11. The zero-order valence-corrected chi connectivity index (χ0v) is 18.7. The van der Waals surface area contributed by atoms with Crippen molar-refractivity contribution in [2.24, 2.45) is 5.10 Å². The van der Waals surface area contributed by atoms with Crippen LogP contribution >= 0.6 is 0 Å². The predicted octanol–water partition coefficient (Wildman–Crippen LogP) is 5.04. The SMILES string of the molecule is COc1cccc(/C=N/NC(=O)c2ccc(COc3ccc(-n4c(C)ccc4C)cc3)o2)c1. The molecule has 0 aliphatic rings. The smallest absolute Gasteiger partial charge is 0.307 e. The van der Waals surface area contributed by atoms with Gasteiger partial charge in [-0.05, 0) is 80.1 Å². The van der Waals surface area contributed by atoms with E-state index in [0.29, 0.717) is 17.3 Å². The number of nitrogens with zero attached hydrogens (tertiary/aromatic N) is 2. The molecule has 0 radical (unpaired) electrons. The van der Waals surface area contributed by atoms with Gasteiger partial charge in [0.25, 0.3) is 0 Å². The monoisotopic (exact) mass is 443 g/mol. The fourth-order valence-corrected chi connectivity index (χ4v) is 3.44. The Morgan fingerprint density at radius 1 is 1.00 bits per heavy atom. The molecule has 0 spiro atoms. The van der Waals surface area contributed by atoms with Crippen molar-refractivity contribution in [3.63, 3.8) is 0 Å². The van der Waals surface area contributed by atoms with E-state index in [4.69, 9.17) is 13.9 Å². The number of carbonyl (C=O) groups is 1. The molecular formula is C26H25N3O4. The van der Waals surface area contributed by atoms with Crippen LogP contribution in [0.1, 0.15) is 33.3 Å². The number of hydrogen-bond donors (Lipinski definition) is 1. The third-order valence-corrected chi connectivity index (χ3v) is 5.11. The number of carbonyl (C=O) groups excluding carboxylic acids is 1. The van der Waals surface area contributed by atoms with Gasteiger partial charge in [0.1, 0.15) is 23.9 Å². The number of aryl methyl sites for hydroxylation is 2. The van der Waals surface area contributed by atoms with Gasteiger partial charge >= 0.3 is 5.91 Å². The van der Waals surface area contributed by atoms with Crippen molar-refractivity contribution in [1.82, 2.24) is 9.99 Å². The largest absolute Gasteiger partial charge is 0.497 e. The molecule has 1 amide bonds. The minimum absolute atomic E-state index is 0.158. The van der Waals surface area contributed by atoms with Crippen molar-refractivity contribution < 1.29 is 18.7 Å². The van der Waals surface area contributed by atoms with Crippen LogP contribution in [0, 0.1) is 13.8 Å². The van der Waals surface area contributed by atoms with Crippen molar-refractivity contribution in [1.29, 1.82) is 0 Å². The third kappa shape index (κ3) is 5.33. The van der Waals surface area contributed by atoms with Crippen molar-refractivity contribution in [2.45, 2.75) is 20.5 Å². The van der Waals surface area contributed by atoms with Crippen LogP contribution in [-0.2, 0) is 6.61 Å². The first-order valence-electron chi connectivity index (χ1n) is 10.5. The summed E-state index contributed by atoms with van der Waals surface area (Å²) in [5.41, 5.74) is 6.69. The number of rotatable bonds is 8. The molecule has 7 nitrogen and oxygen atoms in total. The summed E-state index contributed by atoms with van der Waals surface area (Å²) in [6, 6.07) is 22.7. The highest BCUT2D eigenvalue weighted by atomic mass is 16.5. The standard InChI is InChI=1S/C26H25N3O4/c1-18-7-8-19(2)29(18)21-9-11-22(12-10-21)32-17-24-13-14-25(33-24)26(30)28-27-16-20-5-4-6-23(15-20)31-3/h4-16H,17H2,1-3H3,(H,28,30)/b27-16+. The van der Waals surface area contributed by atoms with Crippen LogP contribution < -0.4 is 14.9 Å². The predicted molar refractivity (Wildman–Crippen MR) is 126 cm³/mol. The number of aromatic nitrogens is 1. The van der Waals surface area contributed by atoms with Crippen LogP contribution in [0.25, 0.3) is 5.69 Å². The average Bonchev–Trinajstić information content (AvgIpc) is 3.44. The molecule has 0 atom stereocenters. The Hall–Kier alpha value is -4.26. The first kappa shape index (κ1) is 22.0. The average molecular weight is 444 g/mol. The van der Waals surface area contributed by atoms with E-state index in [2.05, 4.69) is 41.1 Å². The molecule has 168 valence electrons. The minimum atomic E-state index is -0.442. The van der Waals surface area contributed by atoms with Gasteiger partial charge in [0.2, 0.25) is 0 Å². The molecule has 1 N–H and O–H groups in total. The van der Waals surface area contributed by atoms with E-state index in [1.807, 2.05) is 48.5 Å². The molecular weight excluding hydrogens is 418 g/mol. The molecule has 2 heterocycles. The van der Waals surface area contributed by atoms with Crippen LogP contribution in [0.3, 0.4) is 0 Å². The number of methoxy groups -OCH3 is 1. The zero-order chi connectivity index (χ0) is 23.2. The normalized spacial score (nSPS) is 11.0. The van der Waals surface area contributed by atoms with Gasteiger partial charge in [0.05, 0.1) is 13.3 Å². The van der Waals surface area contributed by atoms with Gasteiger partial charge in [-0.25, -0.2) is 5.43 Å². The topological polar surface area (TPSA) is 78.0 Å². The summed E-state index contributed by atoms with van der Waals surface area (Å²) in [5.74, 6) is 1.68. The lowest BCUT2D eigenvalue weighted by molar-refractivity contribution is 0.0923. The Balaban J connectivity index is 1.31. The molecule has 4 aromatic rings. The van der Waals surface area contributed by atoms with E-state index >= 15 is 0 Å². The maximum atomic E-state index is 12.3. The summed E-state index contributed by atoms with van der Waals surface area (Å²) in [7, 11) is 1.59. The molecule has 7 heteroatoms. The van der Waals surface area contributed by atoms with E-state index in [1.54, 1.807) is 19.2 Å². The van der Waals surface area contributed by atoms with Gasteiger partial charge in [0.15, 0.2) is 5.76 Å². The molecule has 2 aromatic carbocycles. The number of ether oxygens (including phenoxy) is 2. The van der Waals surface area contributed by atoms with Crippen LogP contribution in [0.5, 0.6) is 11.5 Å². The van der Waals surface area contributed by atoms with E-state index in [9.17, 15) is 4.79 Å². The molecule has 0 unspecified atom stereocenters. The van der Waals surface area contributed by atoms with Crippen molar-refractivity contribution >= 4 is 12.1 Å². The van der Waals surface area contributed by atoms with Crippen LogP contribution in [0.2, 0.25) is 0 Å². The van der Waals surface area contributed by atoms with Gasteiger partial charge in [-0.1, -0.05) is 12.1 Å². The molecule has 0 saturated heterocycles. The summed E-state index contributed by atoms with van der Waals surface area (Å²) in [4.78, 5) is 12.3. The Labute approximate surface area is 192 Å². The Morgan fingerprint density at radius 2 is 1.76 bits per heavy atom. The number of furan rings is 1. The third-order valence-electron chi connectivity index (χ3n) is 5.11. The summed E-state index contributed by atoms with van der Waals surface area (Å²) in [6.45, 7) is 4.36. The Morgan fingerprint density at radius 3 is 2.48 bits per heavy atom. The second-order valence-corrected chi connectivity index (χ2v) is 7.48. The summed E-state index contributed by atoms with van der Waals surface area (Å²) < 4.78 is 18.7. The fraction of sp³-hybridized carbons (Fsp3) is 0.154. The van der Waals surface area contributed by atoms with E-state index < -0.39 is 5.91 Å². The van der Waals surface area contributed by atoms with E-state index in [-0.39, 0.29) is 12.4 Å². The second kappa shape index (κ2) is 9.91. The van der Waals surface area contributed by atoms with Gasteiger partial charge in [0, 0.05) is 17.1 Å². The highest BCUT2D eigenvalue weighted by Crippen LogP contribution is 2.21. The van der Waals surface area contributed by atoms with E-state index in [0.717, 1.165) is 11.3 Å². The summed E-state index contributed by atoms with van der Waals surface area (Å²) >= 11 is 0. The van der Waals surface area contributed by atoms with Crippen molar-refractivity contribution in [3.05, 3.63) is 101 Å².